The molecule has 41 heavy (non-hydrogen) atoms. The van der Waals surface area contributed by atoms with Crippen LogP contribution in [0.1, 0.15) is 31.7 Å². The number of rotatable bonds is 12. The van der Waals surface area contributed by atoms with Crippen LogP contribution in [0.4, 0.5) is 5.69 Å². The van der Waals surface area contributed by atoms with Gasteiger partial charge in [0.25, 0.3) is 0 Å². The molecule has 2 aromatic rings. The summed E-state index contributed by atoms with van der Waals surface area (Å²) < 4.78 is 6.89. The fourth-order valence-corrected chi connectivity index (χ4v) is 7.31. The molecule has 3 aliphatic rings. The summed E-state index contributed by atoms with van der Waals surface area (Å²) in [6.45, 7) is 10.3. The first kappa shape index (κ1) is 28.8. The van der Waals surface area contributed by atoms with Gasteiger partial charge in [-0.2, -0.15) is 0 Å². The van der Waals surface area contributed by atoms with E-state index < -0.39 is 29.1 Å². The summed E-state index contributed by atoms with van der Waals surface area (Å²) in [6.07, 6.45) is 4.93. The number of hydrogen-bond donors (Lipinski definition) is 1. The van der Waals surface area contributed by atoms with Gasteiger partial charge in [-0.1, -0.05) is 67.6 Å². The molecule has 1 N–H and O–H groups in total. The monoisotopic (exact) mass is 557 g/mol. The standard InChI is InChI=1S/C33H39N3O5/c1-4-19-34(23-24-13-9-7-10-14-24)31(40)28-33-18-17-32(6-3,41-33)26(27(33)30(39)36(28)21-22-37)29(38)35(20-5-2)25-15-11-8-12-16-25/h4-5,7-16,26-28,37H,1-2,6,17-23H2,3H3/t26-,27-,28?,32+,33?/m0/s1. The molecule has 3 saturated heterocycles. The quantitative estimate of drug-likeness (QED) is 0.403. The average molecular weight is 558 g/mol. The van der Waals surface area contributed by atoms with Gasteiger partial charge in [-0.15, -0.1) is 13.2 Å². The Balaban J connectivity index is 1.56. The van der Waals surface area contributed by atoms with E-state index in [1.165, 1.54) is 4.90 Å². The topological polar surface area (TPSA) is 90.4 Å². The van der Waals surface area contributed by atoms with E-state index in [4.69, 9.17) is 4.74 Å². The smallest absolute Gasteiger partial charge is 0.248 e. The lowest BCUT2D eigenvalue weighted by Crippen LogP contribution is -2.56. The number of para-hydroxylation sites is 1. The third-order valence-corrected chi connectivity index (χ3v) is 9.04. The minimum Gasteiger partial charge on any atom is -0.395 e. The fraction of sp³-hybridized carbons (Fsp3) is 0.424. The van der Waals surface area contributed by atoms with Gasteiger partial charge >= 0.3 is 0 Å². The van der Waals surface area contributed by atoms with Gasteiger partial charge in [0.2, 0.25) is 17.7 Å². The molecule has 2 bridgehead atoms. The van der Waals surface area contributed by atoms with Crippen molar-refractivity contribution in [3.63, 3.8) is 0 Å². The van der Waals surface area contributed by atoms with E-state index in [2.05, 4.69) is 13.2 Å². The largest absolute Gasteiger partial charge is 0.395 e. The van der Waals surface area contributed by atoms with E-state index in [0.29, 0.717) is 31.5 Å². The number of carbonyl (C=O) groups is 3. The van der Waals surface area contributed by atoms with Gasteiger partial charge in [-0.3, -0.25) is 14.4 Å². The minimum absolute atomic E-state index is 0.0147. The third kappa shape index (κ3) is 4.69. The number of hydrogen-bond acceptors (Lipinski definition) is 5. The van der Waals surface area contributed by atoms with Gasteiger partial charge in [0.15, 0.2) is 0 Å². The first-order chi connectivity index (χ1) is 19.9. The summed E-state index contributed by atoms with van der Waals surface area (Å²) in [7, 11) is 0. The molecule has 5 rings (SSSR count). The van der Waals surface area contributed by atoms with Crippen LogP contribution >= 0.6 is 0 Å². The molecule has 1 spiro atoms. The Kier molecular flexibility index (Phi) is 8.16. The number of ether oxygens (including phenoxy) is 1. The Morgan fingerprint density at radius 1 is 1.02 bits per heavy atom. The molecule has 3 aliphatic heterocycles. The first-order valence-electron chi connectivity index (χ1n) is 14.4. The third-order valence-electron chi connectivity index (χ3n) is 9.04. The van der Waals surface area contributed by atoms with Crippen molar-refractivity contribution in [2.24, 2.45) is 11.8 Å². The molecule has 8 nitrogen and oxygen atoms in total. The number of aliphatic hydroxyl groups is 1. The van der Waals surface area contributed by atoms with Crippen LogP contribution in [0.25, 0.3) is 0 Å². The SMILES string of the molecule is C=CCN(Cc1ccccc1)C(=O)C1N(CCO)C(=O)[C@@H]2[C@@H](C(=O)N(CC=C)c3ccccc3)[C@@]3(CC)CCC12O3. The molecule has 3 fully saturated rings. The lowest BCUT2D eigenvalue weighted by atomic mass is 9.64. The number of anilines is 1. The molecule has 216 valence electrons. The summed E-state index contributed by atoms with van der Waals surface area (Å²) in [5.41, 5.74) is -0.358. The molecule has 0 radical (unpaired) electrons. The number of benzene rings is 2. The first-order valence-corrected chi connectivity index (χ1v) is 14.4. The van der Waals surface area contributed by atoms with E-state index in [-0.39, 0.29) is 44.0 Å². The molecular formula is C33H39N3O5. The predicted octanol–water partition coefficient (Wildman–Crippen LogP) is 3.57. The summed E-state index contributed by atoms with van der Waals surface area (Å²) in [6, 6.07) is 18.1. The van der Waals surface area contributed by atoms with Crippen LogP contribution in [-0.2, 0) is 25.7 Å². The van der Waals surface area contributed by atoms with Crippen molar-refractivity contribution >= 4 is 23.4 Å². The highest BCUT2D eigenvalue weighted by Crippen LogP contribution is 2.64. The van der Waals surface area contributed by atoms with Crippen LogP contribution in [0, 0.1) is 11.8 Å². The van der Waals surface area contributed by atoms with Crippen molar-refractivity contribution in [3.05, 3.63) is 91.5 Å². The zero-order valence-electron chi connectivity index (χ0n) is 23.7. The lowest BCUT2D eigenvalue weighted by molar-refractivity contribution is -0.153. The lowest BCUT2D eigenvalue weighted by Gasteiger charge is -2.37. The number of β-amino-alcohol motifs (C(OH)–C–C–N with tert-alkyl or cyclic N) is 1. The number of carbonyl (C=O) groups excluding carboxylic acids is 3. The second-order valence-corrected chi connectivity index (χ2v) is 11.2. The van der Waals surface area contributed by atoms with Crippen molar-refractivity contribution in [3.8, 4) is 0 Å². The van der Waals surface area contributed by atoms with Crippen molar-refractivity contribution in [1.82, 2.24) is 9.80 Å². The predicted molar refractivity (Wildman–Crippen MR) is 157 cm³/mol. The molecule has 2 unspecified atom stereocenters. The van der Waals surface area contributed by atoms with Crippen LogP contribution in [0.3, 0.4) is 0 Å². The number of nitrogens with zero attached hydrogens (tertiary/aromatic N) is 3. The molecule has 3 heterocycles. The number of aliphatic hydroxyl groups excluding tert-OH is 1. The Labute approximate surface area is 241 Å². The van der Waals surface area contributed by atoms with Gasteiger partial charge in [-0.25, -0.2) is 0 Å². The Morgan fingerprint density at radius 2 is 1.68 bits per heavy atom. The van der Waals surface area contributed by atoms with Crippen LogP contribution in [0.15, 0.2) is 86.0 Å². The van der Waals surface area contributed by atoms with Crippen molar-refractivity contribution in [2.75, 3.05) is 31.1 Å². The van der Waals surface area contributed by atoms with Gasteiger partial charge in [0, 0.05) is 31.9 Å². The minimum atomic E-state index is -1.16. The van der Waals surface area contributed by atoms with E-state index in [1.807, 2.05) is 67.6 Å². The van der Waals surface area contributed by atoms with E-state index in [1.54, 1.807) is 22.0 Å². The van der Waals surface area contributed by atoms with Crippen LogP contribution in [0.2, 0.25) is 0 Å². The number of fused-ring (bicyclic) bond motifs is 1. The maximum atomic E-state index is 14.5. The highest BCUT2D eigenvalue weighted by Gasteiger charge is 2.79. The zero-order valence-corrected chi connectivity index (χ0v) is 23.7. The van der Waals surface area contributed by atoms with Crippen molar-refractivity contribution in [2.45, 2.75) is 50.0 Å². The Hall–Kier alpha value is -3.75. The molecular weight excluding hydrogens is 518 g/mol. The van der Waals surface area contributed by atoms with Crippen LogP contribution < -0.4 is 4.90 Å². The molecule has 0 aromatic heterocycles. The van der Waals surface area contributed by atoms with Gasteiger partial charge in [0.1, 0.15) is 11.6 Å². The Morgan fingerprint density at radius 3 is 2.29 bits per heavy atom. The fourth-order valence-electron chi connectivity index (χ4n) is 7.31. The van der Waals surface area contributed by atoms with Gasteiger partial charge < -0.3 is 24.5 Å². The van der Waals surface area contributed by atoms with Crippen LogP contribution in [-0.4, -0.2) is 76.1 Å². The summed E-state index contributed by atoms with van der Waals surface area (Å²) in [5, 5.41) is 9.97. The summed E-state index contributed by atoms with van der Waals surface area (Å²) >= 11 is 0. The normalized spacial score (nSPS) is 27.9. The van der Waals surface area contributed by atoms with Crippen LogP contribution in [0.5, 0.6) is 0 Å². The summed E-state index contributed by atoms with van der Waals surface area (Å²) in [5.74, 6) is -2.38. The maximum absolute atomic E-state index is 14.5. The molecule has 3 amide bonds. The summed E-state index contributed by atoms with van der Waals surface area (Å²) in [4.78, 5) is 48.0. The second kappa shape index (κ2) is 11.6. The highest BCUT2D eigenvalue weighted by molar-refractivity contribution is 6.03. The Bertz CT molecular complexity index is 1300. The number of amides is 3. The van der Waals surface area contributed by atoms with E-state index >= 15 is 0 Å². The molecule has 5 atom stereocenters. The van der Waals surface area contributed by atoms with Crippen molar-refractivity contribution in [1.29, 1.82) is 0 Å². The zero-order chi connectivity index (χ0) is 29.2. The van der Waals surface area contributed by atoms with E-state index in [0.717, 1.165) is 5.56 Å². The molecule has 0 aliphatic carbocycles. The highest BCUT2D eigenvalue weighted by atomic mass is 16.5. The molecule has 2 aromatic carbocycles. The van der Waals surface area contributed by atoms with Crippen molar-refractivity contribution < 1.29 is 24.2 Å². The maximum Gasteiger partial charge on any atom is 0.248 e. The van der Waals surface area contributed by atoms with Gasteiger partial charge in [0.05, 0.1) is 24.0 Å². The second-order valence-electron chi connectivity index (χ2n) is 11.2. The van der Waals surface area contributed by atoms with E-state index in [9.17, 15) is 19.5 Å². The van der Waals surface area contributed by atoms with Gasteiger partial charge in [-0.05, 0) is 37.0 Å². The molecule has 0 saturated carbocycles. The molecule has 8 heteroatoms. The average Bonchev–Trinajstić information content (AvgIpc) is 3.60. The number of likely N-dealkylation sites (tertiary alicyclic amines) is 1.